The van der Waals surface area contributed by atoms with Crippen LogP contribution >= 0.6 is 11.8 Å². The third-order valence-electron chi connectivity index (χ3n) is 4.86. The van der Waals surface area contributed by atoms with Crippen LogP contribution in [0.2, 0.25) is 0 Å². The molecule has 0 bridgehead atoms. The standard InChI is InChI=1S/C23H28N4O3S/c1-23(2,3)16-9-7-15(8-10-16)21-25-26-22(27(21)4)31-14-20(28)24-18-12-11-17(29-5)13-19(18)30-6/h7-13H,14H2,1-6H3,(H,24,28). The summed E-state index contributed by atoms with van der Waals surface area (Å²) in [5.74, 6) is 2.00. The summed E-state index contributed by atoms with van der Waals surface area (Å²) in [5.41, 5.74) is 2.94. The minimum absolute atomic E-state index is 0.0966. The van der Waals surface area contributed by atoms with E-state index in [-0.39, 0.29) is 17.1 Å². The second-order valence-electron chi connectivity index (χ2n) is 8.10. The van der Waals surface area contributed by atoms with Crippen molar-refractivity contribution in [1.29, 1.82) is 0 Å². The van der Waals surface area contributed by atoms with E-state index in [1.165, 1.54) is 17.3 Å². The molecule has 7 nitrogen and oxygen atoms in total. The SMILES string of the molecule is COc1ccc(NC(=O)CSc2nnc(-c3ccc(C(C)(C)C)cc3)n2C)c(OC)c1. The molecule has 0 spiro atoms. The van der Waals surface area contributed by atoms with Crippen LogP contribution in [0, 0.1) is 0 Å². The highest BCUT2D eigenvalue weighted by Gasteiger charge is 2.16. The maximum absolute atomic E-state index is 12.5. The molecule has 0 aliphatic rings. The molecule has 164 valence electrons. The van der Waals surface area contributed by atoms with Gasteiger partial charge in [0.25, 0.3) is 0 Å². The number of rotatable bonds is 7. The van der Waals surface area contributed by atoms with Crippen molar-refractivity contribution in [2.75, 3.05) is 25.3 Å². The average molecular weight is 441 g/mol. The van der Waals surface area contributed by atoms with Crippen LogP contribution in [0.15, 0.2) is 47.6 Å². The summed E-state index contributed by atoms with van der Waals surface area (Å²) in [6.45, 7) is 6.56. The van der Waals surface area contributed by atoms with E-state index in [4.69, 9.17) is 9.47 Å². The van der Waals surface area contributed by atoms with Gasteiger partial charge in [-0.1, -0.05) is 56.8 Å². The van der Waals surface area contributed by atoms with Gasteiger partial charge in [0.1, 0.15) is 11.5 Å². The van der Waals surface area contributed by atoms with Crippen molar-refractivity contribution in [2.24, 2.45) is 7.05 Å². The highest BCUT2D eigenvalue weighted by atomic mass is 32.2. The van der Waals surface area contributed by atoms with E-state index < -0.39 is 0 Å². The summed E-state index contributed by atoms with van der Waals surface area (Å²) < 4.78 is 12.4. The summed E-state index contributed by atoms with van der Waals surface area (Å²) >= 11 is 1.33. The van der Waals surface area contributed by atoms with E-state index in [2.05, 4.69) is 60.6 Å². The van der Waals surface area contributed by atoms with Gasteiger partial charge in [0.15, 0.2) is 11.0 Å². The van der Waals surface area contributed by atoms with Gasteiger partial charge in [0.2, 0.25) is 5.91 Å². The number of benzene rings is 2. The Morgan fingerprint density at radius 2 is 1.77 bits per heavy atom. The third-order valence-corrected chi connectivity index (χ3v) is 5.88. The van der Waals surface area contributed by atoms with Gasteiger partial charge in [0.05, 0.1) is 25.7 Å². The zero-order valence-electron chi connectivity index (χ0n) is 18.7. The molecule has 0 radical (unpaired) electrons. The van der Waals surface area contributed by atoms with Gasteiger partial charge in [-0.05, 0) is 23.1 Å². The molecule has 0 saturated carbocycles. The van der Waals surface area contributed by atoms with Crippen LogP contribution in [-0.4, -0.2) is 40.6 Å². The van der Waals surface area contributed by atoms with Gasteiger partial charge in [-0.15, -0.1) is 10.2 Å². The predicted octanol–water partition coefficient (Wildman–Crippen LogP) is 4.53. The number of amides is 1. The third kappa shape index (κ3) is 5.38. The lowest BCUT2D eigenvalue weighted by molar-refractivity contribution is -0.113. The molecular formula is C23H28N4O3S. The average Bonchev–Trinajstić information content (AvgIpc) is 3.12. The Hall–Kier alpha value is -3.00. The molecule has 0 unspecified atom stereocenters. The molecule has 0 atom stereocenters. The molecule has 0 saturated heterocycles. The zero-order valence-corrected chi connectivity index (χ0v) is 19.5. The molecule has 1 heterocycles. The van der Waals surface area contributed by atoms with E-state index in [0.717, 1.165) is 11.4 Å². The van der Waals surface area contributed by atoms with Crippen molar-refractivity contribution in [3.05, 3.63) is 48.0 Å². The number of anilines is 1. The largest absolute Gasteiger partial charge is 0.497 e. The Morgan fingerprint density at radius 1 is 1.06 bits per heavy atom. The fourth-order valence-electron chi connectivity index (χ4n) is 3.03. The second kappa shape index (κ2) is 9.43. The van der Waals surface area contributed by atoms with Gasteiger partial charge >= 0.3 is 0 Å². The topological polar surface area (TPSA) is 78.3 Å². The Labute approximate surface area is 187 Å². The Kier molecular flexibility index (Phi) is 6.90. The van der Waals surface area contributed by atoms with Gasteiger partial charge in [-0.2, -0.15) is 0 Å². The number of methoxy groups -OCH3 is 2. The summed E-state index contributed by atoms with van der Waals surface area (Å²) in [6, 6.07) is 13.6. The minimum atomic E-state index is -0.160. The molecule has 2 aromatic carbocycles. The van der Waals surface area contributed by atoms with Crippen LogP contribution in [0.4, 0.5) is 5.69 Å². The smallest absolute Gasteiger partial charge is 0.234 e. The Morgan fingerprint density at radius 3 is 2.39 bits per heavy atom. The normalized spacial score (nSPS) is 11.3. The highest BCUT2D eigenvalue weighted by Crippen LogP contribution is 2.30. The maximum Gasteiger partial charge on any atom is 0.234 e. The minimum Gasteiger partial charge on any atom is -0.497 e. The lowest BCUT2D eigenvalue weighted by Crippen LogP contribution is -2.15. The van der Waals surface area contributed by atoms with Gasteiger partial charge in [0, 0.05) is 18.7 Å². The van der Waals surface area contributed by atoms with Crippen molar-refractivity contribution >= 4 is 23.4 Å². The lowest BCUT2D eigenvalue weighted by atomic mass is 9.87. The van der Waals surface area contributed by atoms with Crippen molar-refractivity contribution in [3.8, 4) is 22.9 Å². The summed E-state index contributed by atoms with van der Waals surface area (Å²) in [6.07, 6.45) is 0. The highest BCUT2D eigenvalue weighted by molar-refractivity contribution is 7.99. The summed E-state index contributed by atoms with van der Waals surface area (Å²) in [4.78, 5) is 12.5. The number of ether oxygens (including phenoxy) is 2. The number of nitrogens with one attached hydrogen (secondary N) is 1. The lowest BCUT2D eigenvalue weighted by Gasteiger charge is -2.19. The van der Waals surface area contributed by atoms with Gasteiger partial charge in [-0.3, -0.25) is 4.79 Å². The van der Waals surface area contributed by atoms with Crippen LogP contribution in [0.3, 0.4) is 0 Å². The fourth-order valence-corrected chi connectivity index (χ4v) is 3.74. The van der Waals surface area contributed by atoms with Crippen molar-refractivity contribution in [2.45, 2.75) is 31.3 Å². The van der Waals surface area contributed by atoms with Crippen molar-refractivity contribution in [1.82, 2.24) is 14.8 Å². The molecule has 1 amide bonds. The van der Waals surface area contributed by atoms with E-state index in [0.29, 0.717) is 22.3 Å². The zero-order chi connectivity index (χ0) is 22.6. The van der Waals surface area contributed by atoms with E-state index in [1.54, 1.807) is 32.4 Å². The van der Waals surface area contributed by atoms with Gasteiger partial charge < -0.3 is 19.4 Å². The van der Waals surface area contributed by atoms with E-state index in [9.17, 15) is 4.79 Å². The molecule has 8 heteroatoms. The molecule has 3 rings (SSSR count). The van der Waals surface area contributed by atoms with Crippen LogP contribution in [0.25, 0.3) is 11.4 Å². The summed E-state index contributed by atoms with van der Waals surface area (Å²) in [5, 5.41) is 12.1. The second-order valence-corrected chi connectivity index (χ2v) is 9.04. The number of carbonyl (C=O) groups is 1. The molecular weight excluding hydrogens is 412 g/mol. The quantitative estimate of drug-likeness (QED) is 0.544. The number of hydrogen-bond acceptors (Lipinski definition) is 6. The van der Waals surface area contributed by atoms with Crippen LogP contribution in [0.1, 0.15) is 26.3 Å². The molecule has 1 N–H and O–H groups in total. The molecule has 1 aromatic heterocycles. The molecule has 3 aromatic rings. The summed E-state index contributed by atoms with van der Waals surface area (Å²) in [7, 11) is 5.03. The first kappa shape index (κ1) is 22.7. The van der Waals surface area contributed by atoms with Crippen LogP contribution < -0.4 is 14.8 Å². The van der Waals surface area contributed by atoms with Crippen LogP contribution in [0.5, 0.6) is 11.5 Å². The van der Waals surface area contributed by atoms with Crippen molar-refractivity contribution < 1.29 is 14.3 Å². The number of aromatic nitrogens is 3. The molecule has 31 heavy (non-hydrogen) atoms. The molecule has 0 aliphatic heterocycles. The first-order valence-corrected chi connectivity index (χ1v) is 10.9. The van der Waals surface area contributed by atoms with Crippen LogP contribution in [-0.2, 0) is 17.3 Å². The first-order valence-electron chi connectivity index (χ1n) is 9.88. The first-order chi connectivity index (χ1) is 14.7. The number of carbonyl (C=O) groups excluding carboxylic acids is 1. The molecule has 0 fully saturated rings. The predicted molar refractivity (Wildman–Crippen MR) is 124 cm³/mol. The van der Waals surface area contributed by atoms with Crippen molar-refractivity contribution in [3.63, 3.8) is 0 Å². The van der Waals surface area contributed by atoms with E-state index >= 15 is 0 Å². The Bertz CT molecular complexity index is 1060. The Balaban J connectivity index is 1.65. The maximum atomic E-state index is 12.5. The van der Waals surface area contributed by atoms with E-state index in [1.807, 2.05) is 11.6 Å². The fraction of sp³-hybridized carbons (Fsp3) is 0.348. The number of nitrogens with zero attached hydrogens (tertiary/aromatic N) is 3. The molecule has 0 aliphatic carbocycles. The van der Waals surface area contributed by atoms with Gasteiger partial charge in [-0.25, -0.2) is 0 Å². The monoisotopic (exact) mass is 440 g/mol. The number of hydrogen-bond donors (Lipinski definition) is 1. The number of thioether (sulfide) groups is 1.